The molecule has 0 bridgehead atoms. The Balaban J connectivity index is 3.65. The van der Waals surface area contributed by atoms with E-state index in [-0.39, 0.29) is 6.61 Å². The molecule has 0 rings (SSSR count). The maximum absolute atomic E-state index is 10.8. The first-order valence-corrected chi connectivity index (χ1v) is 3.98. The number of carbonyl (C=O) groups is 3. The fourth-order valence-electron chi connectivity index (χ4n) is 0.579. The van der Waals surface area contributed by atoms with Crippen LogP contribution in [0.1, 0.15) is 13.3 Å². The maximum atomic E-state index is 10.8. The molecule has 0 saturated carbocycles. The molecule has 0 atom stereocenters. The van der Waals surface area contributed by atoms with E-state index < -0.39 is 30.9 Å². The van der Waals surface area contributed by atoms with Crippen LogP contribution in [0, 0.1) is 0 Å². The SMILES string of the molecule is CCOC(=O)CC(=O)OCC(=O)OC. The van der Waals surface area contributed by atoms with E-state index >= 15 is 0 Å². The first-order chi connectivity index (χ1) is 6.60. The van der Waals surface area contributed by atoms with Crippen molar-refractivity contribution in [1.82, 2.24) is 0 Å². The van der Waals surface area contributed by atoms with Gasteiger partial charge in [-0.05, 0) is 6.92 Å². The highest BCUT2D eigenvalue weighted by Gasteiger charge is 2.13. The van der Waals surface area contributed by atoms with Gasteiger partial charge in [0.25, 0.3) is 0 Å². The molecule has 0 aromatic heterocycles. The highest BCUT2D eigenvalue weighted by molar-refractivity contribution is 5.91. The average molecular weight is 204 g/mol. The number of methoxy groups -OCH3 is 1. The van der Waals surface area contributed by atoms with Crippen LogP contribution in [0.25, 0.3) is 0 Å². The molecule has 80 valence electrons. The van der Waals surface area contributed by atoms with Gasteiger partial charge in [-0.15, -0.1) is 0 Å². The van der Waals surface area contributed by atoms with Crippen molar-refractivity contribution < 1.29 is 28.6 Å². The highest BCUT2D eigenvalue weighted by Crippen LogP contribution is 1.91. The van der Waals surface area contributed by atoms with Crippen LogP contribution in [0.4, 0.5) is 0 Å². The van der Waals surface area contributed by atoms with Gasteiger partial charge in [0.15, 0.2) is 6.61 Å². The van der Waals surface area contributed by atoms with E-state index in [0.29, 0.717) is 0 Å². The summed E-state index contributed by atoms with van der Waals surface area (Å²) >= 11 is 0. The quantitative estimate of drug-likeness (QED) is 0.346. The molecule has 0 aliphatic carbocycles. The predicted octanol–water partition coefficient (Wildman–Crippen LogP) is -0.344. The molecule has 0 saturated heterocycles. The van der Waals surface area contributed by atoms with Crippen LogP contribution in [0.5, 0.6) is 0 Å². The van der Waals surface area contributed by atoms with Gasteiger partial charge in [-0.2, -0.15) is 0 Å². The van der Waals surface area contributed by atoms with Crippen LogP contribution in [-0.2, 0) is 28.6 Å². The van der Waals surface area contributed by atoms with Crippen LogP contribution < -0.4 is 0 Å². The number of esters is 3. The summed E-state index contributed by atoms with van der Waals surface area (Å²) < 4.78 is 13.1. The van der Waals surface area contributed by atoms with Crippen molar-refractivity contribution in [1.29, 1.82) is 0 Å². The smallest absolute Gasteiger partial charge is 0.344 e. The molecule has 0 fully saturated rings. The molecule has 0 radical (unpaired) electrons. The molecular weight excluding hydrogens is 192 g/mol. The summed E-state index contributed by atoms with van der Waals surface area (Å²) in [5.41, 5.74) is 0. The first-order valence-electron chi connectivity index (χ1n) is 3.98. The van der Waals surface area contributed by atoms with Crippen LogP contribution in [-0.4, -0.2) is 38.2 Å². The molecule has 0 unspecified atom stereocenters. The van der Waals surface area contributed by atoms with E-state index in [1.807, 2.05) is 0 Å². The lowest BCUT2D eigenvalue weighted by Crippen LogP contribution is -2.18. The van der Waals surface area contributed by atoms with Crippen LogP contribution >= 0.6 is 0 Å². The summed E-state index contributed by atoms with van der Waals surface area (Å²) in [6.07, 6.45) is -0.495. The van der Waals surface area contributed by atoms with E-state index in [2.05, 4.69) is 14.2 Å². The third-order valence-electron chi connectivity index (χ3n) is 1.17. The van der Waals surface area contributed by atoms with E-state index in [0.717, 1.165) is 0 Å². The van der Waals surface area contributed by atoms with Gasteiger partial charge in [0, 0.05) is 0 Å². The van der Waals surface area contributed by atoms with Gasteiger partial charge in [0.1, 0.15) is 6.42 Å². The minimum atomic E-state index is -0.811. The van der Waals surface area contributed by atoms with Gasteiger partial charge < -0.3 is 14.2 Å². The van der Waals surface area contributed by atoms with E-state index in [4.69, 9.17) is 0 Å². The summed E-state index contributed by atoms with van der Waals surface area (Å²) in [6.45, 7) is 1.33. The minimum Gasteiger partial charge on any atom is -0.466 e. The number of hydrogen-bond donors (Lipinski definition) is 0. The van der Waals surface area contributed by atoms with Crippen LogP contribution in [0.2, 0.25) is 0 Å². The van der Waals surface area contributed by atoms with Gasteiger partial charge in [0.05, 0.1) is 13.7 Å². The van der Waals surface area contributed by atoms with Crippen LogP contribution in [0.3, 0.4) is 0 Å². The molecule has 0 N–H and O–H groups in total. The number of rotatable bonds is 5. The molecule has 0 spiro atoms. The molecule has 6 heteroatoms. The zero-order valence-corrected chi connectivity index (χ0v) is 8.07. The Bertz CT molecular complexity index is 222. The Labute approximate surface area is 81.1 Å². The van der Waals surface area contributed by atoms with Crippen molar-refractivity contribution in [3.05, 3.63) is 0 Å². The fraction of sp³-hybridized carbons (Fsp3) is 0.625. The maximum Gasteiger partial charge on any atom is 0.344 e. The highest BCUT2D eigenvalue weighted by atomic mass is 16.6. The Hall–Kier alpha value is -1.59. The molecule has 0 aliphatic heterocycles. The lowest BCUT2D eigenvalue weighted by Gasteiger charge is -2.02. The Morgan fingerprint density at radius 1 is 1.00 bits per heavy atom. The number of hydrogen-bond acceptors (Lipinski definition) is 6. The van der Waals surface area contributed by atoms with E-state index in [1.54, 1.807) is 6.92 Å². The molecule has 6 nitrogen and oxygen atoms in total. The van der Waals surface area contributed by atoms with Crippen molar-refractivity contribution in [3.8, 4) is 0 Å². The van der Waals surface area contributed by atoms with Gasteiger partial charge in [-0.3, -0.25) is 9.59 Å². The first kappa shape index (κ1) is 12.4. The molecule has 0 aliphatic rings. The fourth-order valence-corrected chi connectivity index (χ4v) is 0.579. The zero-order chi connectivity index (χ0) is 11.0. The van der Waals surface area contributed by atoms with Crippen molar-refractivity contribution in [2.75, 3.05) is 20.3 Å². The topological polar surface area (TPSA) is 78.9 Å². The standard InChI is InChI=1S/C8H12O6/c1-3-13-6(9)4-7(10)14-5-8(11)12-2/h3-5H2,1-2H3. The molecular formula is C8H12O6. The summed E-state index contributed by atoms with van der Waals surface area (Å²) in [4.78, 5) is 32.1. The average Bonchev–Trinajstić information content (AvgIpc) is 2.14. The molecule has 0 heterocycles. The summed E-state index contributed by atoms with van der Waals surface area (Å²) in [7, 11) is 1.17. The van der Waals surface area contributed by atoms with Crippen molar-refractivity contribution in [2.24, 2.45) is 0 Å². The van der Waals surface area contributed by atoms with Gasteiger partial charge in [0.2, 0.25) is 0 Å². The Morgan fingerprint density at radius 2 is 1.57 bits per heavy atom. The Morgan fingerprint density at radius 3 is 2.07 bits per heavy atom. The lowest BCUT2D eigenvalue weighted by atomic mass is 10.4. The third kappa shape index (κ3) is 5.99. The molecule has 0 aromatic carbocycles. The van der Waals surface area contributed by atoms with Gasteiger partial charge >= 0.3 is 17.9 Å². The summed E-state index contributed by atoms with van der Waals surface area (Å²) in [5, 5.41) is 0. The normalized spacial score (nSPS) is 9.00. The van der Waals surface area contributed by atoms with Crippen LogP contribution in [0.15, 0.2) is 0 Å². The number of carbonyl (C=O) groups excluding carboxylic acids is 3. The zero-order valence-electron chi connectivity index (χ0n) is 8.07. The van der Waals surface area contributed by atoms with E-state index in [9.17, 15) is 14.4 Å². The molecule has 14 heavy (non-hydrogen) atoms. The summed E-state index contributed by atoms with van der Waals surface area (Å²) in [6, 6.07) is 0. The largest absolute Gasteiger partial charge is 0.466 e. The molecule has 0 aromatic rings. The second kappa shape index (κ2) is 6.88. The monoisotopic (exact) mass is 204 g/mol. The van der Waals surface area contributed by atoms with Crippen molar-refractivity contribution in [2.45, 2.75) is 13.3 Å². The lowest BCUT2D eigenvalue weighted by molar-refractivity contribution is -0.161. The van der Waals surface area contributed by atoms with E-state index in [1.165, 1.54) is 7.11 Å². The second-order valence-corrected chi connectivity index (χ2v) is 2.22. The second-order valence-electron chi connectivity index (χ2n) is 2.22. The minimum absolute atomic E-state index is 0.198. The van der Waals surface area contributed by atoms with Crippen molar-refractivity contribution >= 4 is 17.9 Å². The summed E-state index contributed by atoms with van der Waals surface area (Å²) in [5.74, 6) is -2.17. The predicted molar refractivity (Wildman–Crippen MR) is 44.2 cm³/mol. The van der Waals surface area contributed by atoms with Gasteiger partial charge in [-0.1, -0.05) is 0 Å². The molecule has 0 amide bonds. The Kier molecular flexibility index (Phi) is 6.09. The van der Waals surface area contributed by atoms with Crippen molar-refractivity contribution in [3.63, 3.8) is 0 Å². The number of ether oxygens (including phenoxy) is 3. The van der Waals surface area contributed by atoms with Gasteiger partial charge in [-0.25, -0.2) is 4.79 Å². The third-order valence-corrected chi connectivity index (χ3v) is 1.17.